The zero-order valence-corrected chi connectivity index (χ0v) is 17.0. The van der Waals surface area contributed by atoms with Crippen LogP contribution in [0.2, 0.25) is 0 Å². The van der Waals surface area contributed by atoms with Crippen molar-refractivity contribution in [1.82, 2.24) is 0 Å². The number of esters is 1. The van der Waals surface area contributed by atoms with Crippen molar-refractivity contribution in [2.75, 3.05) is 19.0 Å². The summed E-state index contributed by atoms with van der Waals surface area (Å²) in [5, 5.41) is 16.7. The lowest BCUT2D eigenvalue weighted by molar-refractivity contribution is -0.419. The van der Waals surface area contributed by atoms with Crippen molar-refractivity contribution in [1.29, 1.82) is 0 Å². The van der Waals surface area contributed by atoms with Gasteiger partial charge < -0.3 is 14.8 Å². The molecule has 2 aromatic rings. The van der Waals surface area contributed by atoms with Crippen molar-refractivity contribution in [2.45, 2.75) is 37.8 Å². The molecule has 0 radical (unpaired) electrons. The van der Waals surface area contributed by atoms with Crippen LogP contribution in [0.5, 0.6) is 0 Å². The van der Waals surface area contributed by atoms with Crippen LogP contribution < -0.4 is 5.32 Å². The third kappa shape index (κ3) is 5.67. The first-order chi connectivity index (χ1) is 14.5. The standard InChI is InChI=1S/C23H26N2O5/c1-29-22(26)9-3-2-6-16-30-23(14-12-21(13-15-23)25(27)28)24-20-11-10-18-7-4-5-8-19(18)17-20/h4-5,7-8,10-14,17,24H,2-3,6,9,15-16H2,1H3. The van der Waals surface area contributed by atoms with E-state index in [-0.39, 0.29) is 11.7 Å². The molecule has 3 rings (SSSR count). The van der Waals surface area contributed by atoms with Crippen LogP contribution in [0.4, 0.5) is 5.69 Å². The molecule has 0 fully saturated rings. The maximum absolute atomic E-state index is 11.2. The quantitative estimate of drug-likeness (QED) is 0.199. The molecule has 158 valence electrons. The molecule has 0 heterocycles. The highest BCUT2D eigenvalue weighted by Gasteiger charge is 2.31. The van der Waals surface area contributed by atoms with E-state index in [0.29, 0.717) is 19.4 Å². The van der Waals surface area contributed by atoms with Gasteiger partial charge in [-0.15, -0.1) is 0 Å². The van der Waals surface area contributed by atoms with Crippen LogP contribution in [-0.2, 0) is 14.3 Å². The van der Waals surface area contributed by atoms with Crippen molar-refractivity contribution in [3.8, 4) is 0 Å². The molecule has 0 saturated heterocycles. The molecule has 1 unspecified atom stereocenters. The normalized spacial score (nSPS) is 18.1. The van der Waals surface area contributed by atoms with E-state index in [4.69, 9.17) is 4.74 Å². The van der Waals surface area contributed by atoms with Gasteiger partial charge in [0.1, 0.15) is 0 Å². The number of rotatable bonds is 10. The number of carbonyl (C=O) groups excluding carboxylic acids is 1. The number of nitrogens with zero attached hydrogens (tertiary/aromatic N) is 1. The molecule has 0 saturated carbocycles. The van der Waals surface area contributed by atoms with E-state index in [1.165, 1.54) is 13.2 Å². The van der Waals surface area contributed by atoms with Crippen LogP contribution in [0.1, 0.15) is 32.1 Å². The van der Waals surface area contributed by atoms with Crippen LogP contribution in [0.15, 0.2) is 66.4 Å². The first kappa shape index (κ1) is 21.5. The topological polar surface area (TPSA) is 90.7 Å². The second kappa shape index (κ2) is 10.0. The van der Waals surface area contributed by atoms with E-state index in [1.807, 2.05) is 42.5 Å². The number of allylic oxidation sites excluding steroid dienone is 1. The first-order valence-electron chi connectivity index (χ1n) is 10.0. The number of benzene rings is 2. The van der Waals surface area contributed by atoms with E-state index in [0.717, 1.165) is 35.7 Å². The van der Waals surface area contributed by atoms with Crippen molar-refractivity contribution in [2.24, 2.45) is 0 Å². The highest BCUT2D eigenvalue weighted by atomic mass is 16.6. The summed E-state index contributed by atoms with van der Waals surface area (Å²) in [4.78, 5) is 21.9. The Hall–Kier alpha value is -3.19. The molecule has 7 heteroatoms. The maximum atomic E-state index is 11.2. The van der Waals surface area contributed by atoms with Gasteiger partial charge in [0, 0.05) is 31.2 Å². The molecule has 0 amide bonds. The molecular formula is C23H26N2O5. The van der Waals surface area contributed by atoms with Gasteiger partial charge in [-0.3, -0.25) is 14.9 Å². The van der Waals surface area contributed by atoms with Gasteiger partial charge in [-0.05, 0) is 47.9 Å². The van der Waals surface area contributed by atoms with Crippen molar-refractivity contribution in [3.63, 3.8) is 0 Å². The predicted molar refractivity (Wildman–Crippen MR) is 116 cm³/mol. The molecule has 0 bridgehead atoms. The van der Waals surface area contributed by atoms with E-state index in [9.17, 15) is 14.9 Å². The van der Waals surface area contributed by atoms with Gasteiger partial charge in [0.05, 0.1) is 12.0 Å². The van der Waals surface area contributed by atoms with Crippen molar-refractivity contribution in [3.05, 3.63) is 76.5 Å². The lowest BCUT2D eigenvalue weighted by Gasteiger charge is -2.33. The third-order valence-electron chi connectivity index (χ3n) is 5.07. The molecule has 1 N–H and O–H groups in total. The second-order valence-corrected chi connectivity index (χ2v) is 7.24. The average molecular weight is 410 g/mol. The Morgan fingerprint density at radius 1 is 1.17 bits per heavy atom. The van der Waals surface area contributed by atoms with E-state index in [1.54, 1.807) is 12.2 Å². The molecular weight excluding hydrogens is 384 g/mol. The number of nitrogens with one attached hydrogen (secondary N) is 1. The van der Waals surface area contributed by atoms with Crippen molar-refractivity contribution >= 4 is 22.4 Å². The van der Waals surface area contributed by atoms with Gasteiger partial charge in [0.25, 0.3) is 5.70 Å². The van der Waals surface area contributed by atoms with Crippen LogP contribution in [0, 0.1) is 10.1 Å². The number of carbonyl (C=O) groups is 1. The van der Waals surface area contributed by atoms with E-state index in [2.05, 4.69) is 10.1 Å². The van der Waals surface area contributed by atoms with Crippen LogP contribution in [0.25, 0.3) is 10.8 Å². The van der Waals surface area contributed by atoms with Gasteiger partial charge in [0.2, 0.25) is 0 Å². The molecule has 1 atom stereocenters. The average Bonchev–Trinajstić information content (AvgIpc) is 2.76. The number of methoxy groups -OCH3 is 1. The Balaban J connectivity index is 1.66. The Labute approximate surface area is 175 Å². The summed E-state index contributed by atoms with van der Waals surface area (Å²) in [5.74, 6) is -0.210. The zero-order valence-electron chi connectivity index (χ0n) is 17.0. The maximum Gasteiger partial charge on any atom is 0.305 e. The highest BCUT2D eigenvalue weighted by Crippen LogP contribution is 2.29. The van der Waals surface area contributed by atoms with E-state index < -0.39 is 10.6 Å². The highest BCUT2D eigenvalue weighted by molar-refractivity contribution is 5.85. The fourth-order valence-electron chi connectivity index (χ4n) is 3.40. The number of hydrogen-bond acceptors (Lipinski definition) is 6. The Kier molecular flexibility index (Phi) is 7.19. The number of unbranched alkanes of at least 4 members (excludes halogenated alkanes) is 2. The summed E-state index contributed by atoms with van der Waals surface area (Å²) >= 11 is 0. The minimum atomic E-state index is -0.857. The third-order valence-corrected chi connectivity index (χ3v) is 5.07. The Morgan fingerprint density at radius 2 is 1.97 bits per heavy atom. The first-order valence-corrected chi connectivity index (χ1v) is 10.0. The van der Waals surface area contributed by atoms with Crippen LogP contribution >= 0.6 is 0 Å². The Bertz CT molecular complexity index is 969. The summed E-state index contributed by atoms with van der Waals surface area (Å²) in [6.45, 7) is 0.466. The zero-order chi connectivity index (χ0) is 21.4. The molecule has 7 nitrogen and oxygen atoms in total. The molecule has 0 spiro atoms. The van der Waals surface area contributed by atoms with Gasteiger partial charge in [-0.1, -0.05) is 36.8 Å². The summed E-state index contributed by atoms with van der Waals surface area (Å²) in [5.41, 5.74) is 0.0826. The molecule has 30 heavy (non-hydrogen) atoms. The van der Waals surface area contributed by atoms with Crippen LogP contribution in [-0.4, -0.2) is 30.3 Å². The summed E-state index contributed by atoms with van der Waals surface area (Å²) < 4.78 is 10.8. The number of anilines is 1. The Morgan fingerprint density at radius 3 is 2.67 bits per heavy atom. The molecule has 0 aliphatic heterocycles. The largest absolute Gasteiger partial charge is 0.469 e. The summed E-state index contributed by atoms with van der Waals surface area (Å²) in [6, 6.07) is 14.1. The second-order valence-electron chi connectivity index (χ2n) is 7.24. The number of nitro groups is 1. The minimum Gasteiger partial charge on any atom is -0.469 e. The predicted octanol–water partition coefficient (Wildman–Crippen LogP) is 4.82. The lowest BCUT2D eigenvalue weighted by Crippen LogP contribution is -2.40. The SMILES string of the molecule is COC(=O)CCCCCOC1(Nc2ccc3ccccc3c2)C=CC([N+](=O)[O-])=CC1. The van der Waals surface area contributed by atoms with E-state index >= 15 is 0 Å². The van der Waals surface area contributed by atoms with Gasteiger partial charge >= 0.3 is 5.97 Å². The summed E-state index contributed by atoms with van der Waals surface area (Å²) in [7, 11) is 1.38. The minimum absolute atomic E-state index is 0.0626. The lowest BCUT2D eigenvalue weighted by atomic mass is 10.0. The van der Waals surface area contributed by atoms with Gasteiger partial charge in [0.15, 0.2) is 5.72 Å². The molecule has 0 aromatic heterocycles. The fourth-order valence-corrected chi connectivity index (χ4v) is 3.40. The van der Waals surface area contributed by atoms with Gasteiger partial charge in [-0.2, -0.15) is 0 Å². The van der Waals surface area contributed by atoms with Gasteiger partial charge in [-0.25, -0.2) is 0 Å². The fraction of sp³-hybridized carbons (Fsp3) is 0.348. The van der Waals surface area contributed by atoms with Crippen molar-refractivity contribution < 1.29 is 19.2 Å². The number of ether oxygens (including phenoxy) is 2. The summed E-state index contributed by atoms with van der Waals surface area (Å²) in [6.07, 6.45) is 7.86. The number of hydrogen-bond donors (Lipinski definition) is 1. The molecule has 2 aromatic carbocycles. The van der Waals surface area contributed by atoms with Crippen LogP contribution in [0.3, 0.4) is 0 Å². The number of fused-ring (bicyclic) bond motifs is 1. The monoisotopic (exact) mass is 410 g/mol. The smallest absolute Gasteiger partial charge is 0.305 e. The molecule has 1 aliphatic rings. The molecule has 1 aliphatic carbocycles.